The molecular formula is C13H18N2O4S. The lowest BCUT2D eigenvalue weighted by atomic mass is 10.0. The minimum atomic E-state index is -3.42. The average molecular weight is 298 g/mol. The molecule has 110 valence electrons. The molecule has 1 fully saturated rings. The highest BCUT2D eigenvalue weighted by molar-refractivity contribution is 7.91. The number of aromatic nitrogens is 1. The van der Waals surface area contributed by atoms with E-state index < -0.39 is 15.8 Å². The Morgan fingerprint density at radius 1 is 1.40 bits per heavy atom. The van der Waals surface area contributed by atoms with Gasteiger partial charge in [0.1, 0.15) is 0 Å². The number of nitrogens with zero attached hydrogens (tertiary/aromatic N) is 1. The van der Waals surface area contributed by atoms with Crippen molar-refractivity contribution in [1.82, 2.24) is 10.3 Å². The molecule has 2 heterocycles. The molecule has 0 atom stereocenters. The predicted octanol–water partition coefficient (Wildman–Crippen LogP) is 0.641. The number of ether oxygens (including phenoxy) is 1. The minimum Gasteiger partial charge on any atom is -0.465 e. The van der Waals surface area contributed by atoms with Gasteiger partial charge < -0.3 is 10.1 Å². The summed E-state index contributed by atoms with van der Waals surface area (Å²) in [5.41, 5.74) is 0.152. The topological polar surface area (TPSA) is 85.4 Å². The molecule has 1 aliphatic heterocycles. The first-order valence-electron chi connectivity index (χ1n) is 6.50. The van der Waals surface area contributed by atoms with Gasteiger partial charge in [0, 0.05) is 12.4 Å². The van der Waals surface area contributed by atoms with Crippen LogP contribution >= 0.6 is 0 Å². The van der Waals surface area contributed by atoms with Crippen LogP contribution in [0, 0.1) is 5.92 Å². The third-order valence-corrected chi connectivity index (χ3v) is 5.26. The second-order valence-electron chi connectivity index (χ2n) is 4.88. The number of pyridine rings is 1. The molecule has 1 aromatic heterocycles. The smallest absolute Gasteiger partial charge is 0.339 e. The van der Waals surface area contributed by atoms with E-state index in [0.717, 1.165) is 25.9 Å². The lowest BCUT2D eigenvalue weighted by Crippen LogP contribution is -2.31. The number of methoxy groups -OCH3 is 1. The fraction of sp³-hybridized carbons (Fsp3) is 0.538. The van der Waals surface area contributed by atoms with Crippen LogP contribution in [0.4, 0.5) is 0 Å². The van der Waals surface area contributed by atoms with E-state index in [-0.39, 0.29) is 22.1 Å². The van der Waals surface area contributed by atoms with Gasteiger partial charge in [0.25, 0.3) is 0 Å². The molecule has 2 rings (SSSR count). The van der Waals surface area contributed by atoms with Crippen LogP contribution < -0.4 is 5.32 Å². The fourth-order valence-electron chi connectivity index (χ4n) is 2.27. The number of hydrogen-bond acceptors (Lipinski definition) is 6. The highest BCUT2D eigenvalue weighted by Gasteiger charge is 2.24. The van der Waals surface area contributed by atoms with Gasteiger partial charge in [-0.05, 0) is 37.9 Å². The van der Waals surface area contributed by atoms with Crippen LogP contribution in [0.5, 0.6) is 0 Å². The molecule has 6 nitrogen and oxygen atoms in total. The number of carbonyl (C=O) groups excluding carboxylic acids is 1. The Balaban J connectivity index is 2.18. The minimum absolute atomic E-state index is 0.0823. The van der Waals surface area contributed by atoms with E-state index in [0.29, 0.717) is 0 Å². The zero-order valence-electron chi connectivity index (χ0n) is 11.3. The van der Waals surface area contributed by atoms with Gasteiger partial charge in [0.15, 0.2) is 9.84 Å². The van der Waals surface area contributed by atoms with Crippen molar-refractivity contribution in [2.75, 3.05) is 26.0 Å². The summed E-state index contributed by atoms with van der Waals surface area (Å²) in [6, 6.07) is 1.33. The summed E-state index contributed by atoms with van der Waals surface area (Å²) in [6.07, 6.45) is 4.28. The lowest BCUT2D eigenvalue weighted by molar-refractivity contribution is 0.0600. The van der Waals surface area contributed by atoms with Crippen LogP contribution in [0.15, 0.2) is 23.4 Å². The summed E-state index contributed by atoms with van der Waals surface area (Å²) in [5.74, 6) is -0.333. The van der Waals surface area contributed by atoms with E-state index in [9.17, 15) is 13.2 Å². The van der Waals surface area contributed by atoms with Gasteiger partial charge in [-0.15, -0.1) is 0 Å². The van der Waals surface area contributed by atoms with Crippen molar-refractivity contribution in [3.8, 4) is 0 Å². The fourth-order valence-corrected chi connectivity index (χ4v) is 3.95. The number of rotatable bonds is 4. The molecule has 0 aromatic carbocycles. The van der Waals surface area contributed by atoms with Gasteiger partial charge in [-0.25, -0.2) is 13.2 Å². The molecule has 0 amide bonds. The number of sulfone groups is 1. The number of hydrogen-bond donors (Lipinski definition) is 1. The van der Waals surface area contributed by atoms with E-state index in [2.05, 4.69) is 15.0 Å². The summed E-state index contributed by atoms with van der Waals surface area (Å²) in [6.45, 7) is 1.70. The number of piperidine rings is 1. The Hall–Kier alpha value is -1.47. The number of esters is 1. The van der Waals surface area contributed by atoms with Crippen molar-refractivity contribution < 1.29 is 17.9 Å². The quantitative estimate of drug-likeness (QED) is 0.821. The van der Waals surface area contributed by atoms with Gasteiger partial charge in [-0.3, -0.25) is 4.98 Å². The summed E-state index contributed by atoms with van der Waals surface area (Å²) in [5, 5.41) is 3.20. The van der Waals surface area contributed by atoms with Gasteiger partial charge in [-0.2, -0.15) is 0 Å². The first-order chi connectivity index (χ1) is 9.53. The molecule has 1 N–H and O–H groups in total. The van der Waals surface area contributed by atoms with E-state index >= 15 is 0 Å². The molecule has 1 aliphatic rings. The van der Waals surface area contributed by atoms with Gasteiger partial charge in [-0.1, -0.05) is 0 Å². The largest absolute Gasteiger partial charge is 0.465 e. The van der Waals surface area contributed by atoms with Crippen LogP contribution in [0.2, 0.25) is 0 Å². The maximum absolute atomic E-state index is 12.4. The summed E-state index contributed by atoms with van der Waals surface area (Å²) >= 11 is 0. The zero-order chi connectivity index (χ0) is 14.6. The van der Waals surface area contributed by atoms with Crippen LogP contribution in [0.3, 0.4) is 0 Å². The van der Waals surface area contributed by atoms with Crippen molar-refractivity contribution in [3.63, 3.8) is 0 Å². The Bertz CT molecular complexity index is 580. The maximum atomic E-state index is 12.4. The van der Waals surface area contributed by atoms with Crippen LogP contribution in [-0.4, -0.2) is 45.3 Å². The van der Waals surface area contributed by atoms with Gasteiger partial charge in [0.05, 0.1) is 23.3 Å². The molecule has 0 bridgehead atoms. The molecule has 7 heteroatoms. The lowest BCUT2D eigenvalue weighted by Gasteiger charge is -2.22. The Morgan fingerprint density at radius 2 is 2.10 bits per heavy atom. The Labute approximate surface area is 118 Å². The first kappa shape index (κ1) is 14.9. The van der Waals surface area contributed by atoms with E-state index in [1.807, 2.05) is 0 Å². The summed E-state index contributed by atoms with van der Waals surface area (Å²) in [4.78, 5) is 15.3. The van der Waals surface area contributed by atoms with Crippen molar-refractivity contribution in [2.45, 2.75) is 17.7 Å². The van der Waals surface area contributed by atoms with Crippen molar-refractivity contribution in [3.05, 3.63) is 24.0 Å². The highest BCUT2D eigenvalue weighted by Crippen LogP contribution is 2.20. The predicted molar refractivity (Wildman–Crippen MR) is 73.2 cm³/mol. The molecule has 1 saturated heterocycles. The third-order valence-electron chi connectivity index (χ3n) is 3.41. The van der Waals surface area contributed by atoms with Gasteiger partial charge >= 0.3 is 5.97 Å². The van der Waals surface area contributed by atoms with E-state index in [1.54, 1.807) is 0 Å². The zero-order valence-corrected chi connectivity index (χ0v) is 12.1. The number of nitrogens with one attached hydrogen (secondary N) is 1. The molecule has 0 aliphatic carbocycles. The number of carbonyl (C=O) groups is 1. The van der Waals surface area contributed by atoms with Crippen LogP contribution in [0.1, 0.15) is 23.2 Å². The first-order valence-corrected chi connectivity index (χ1v) is 8.15. The summed E-state index contributed by atoms with van der Waals surface area (Å²) < 4.78 is 29.3. The van der Waals surface area contributed by atoms with E-state index in [4.69, 9.17) is 0 Å². The molecule has 1 aromatic rings. The second kappa shape index (κ2) is 6.32. The third kappa shape index (κ3) is 3.55. The van der Waals surface area contributed by atoms with Gasteiger partial charge in [0.2, 0.25) is 0 Å². The van der Waals surface area contributed by atoms with Crippen LogP contribution in [-0.2, 0) is 14.6 Å². The summed E-state index contributed by atoms with van der Waals surface area (Å²) in [7, 11) is -2.17. The molecular weight excluding hydrogens is 280 g/mol. The molecule has 0 radical (unpaired) electrons. The standard InChI is InChI=1S/C13H18N2O4S/c1-19-13(16)11-6-12(8-15-7-11)20(17,18)9-10-2-4-14-5-3-10/h6-8,10,14H,2-5,9H2,1H3. The Morgan fingerprint density at radius 3 is 2.75 bits per heavy atom. The maximum Gasteiger partial charge on any atom is 0.339 e. The second-order valence-corrected chi connectivity index (χ2v) is 6.91. The normalized spacial score (nSPS) is 16.9. The average Bonchev–Trinajstić information content (AvgIpc) is 2.47. The van der Waals surface area contributed by atoms with Crippen molar-refractivity contribution >= 4 is 15.8 Å². The Kier molecular flexibility index (Phi) is 4.72. The highest BCUT2D eigenvalue weighted by atomic mass is 32.2. The van der Waals surface area contributed by atoms with Crippen molar-refractivity contribution in [2.24, 2.45) is 5.92 Å². The monoisotopic (exact) mass is 298 g/mol. The molecule has 0 saturated carbocycles. The molecule has 0 spiro atoms. The molecule has 0 unspecified atom stereocenters. The SMILES string of the molecule is COC(=O)c1cncc(S(=O)(=O)CC2CCNCC2)c1. The van der Waals surface area contributed by atoms with E-state index in [1.165, 1.54) is 25.6 Å². The molecule has 20 heavy (non-hydrogen) atoms. The van der Waals surface area contributed by atoms with Crippen LogP contribution in [0.25, 0.3) is 0 Å². The van der Waals surface area contributed by atoms with Crippen molar-refractivity contribution in [1.29, 1.82) is 0 Å².